The summed E-state index contributed by atoms with van der Waals surface area (Å²) >= 11 is 1.79. The standard InChI is InChI=1S/C29H41N5O2S/c1-23-10-7-13-25(20-23)22-37-29-32-31-26(34(29)21-24-11-3-2-4-12-24)14-5-6-15-27(35)30-17-9-19-33-18-8-16-28(33)36/h2-4,7,10-11,13,23-24H,5-6,8-9,12,14-22H2,1H3,(H,30,35). The van der Waals surface area contributed by atoms with Gasteiger partial charge in [0.05, 0.1) is 0 Å². The summed E-state index contributed by atoms with van der Waals surface area (Å²) < 4.78 is 2.31. The first-order chi connectivity index (χ1) is 18.1. The Bertz CT molecular complexity index is 1040. The maximum Gasteiger partial charge on any atom is 0.222 e. The Morgan fingerprint density at radius 1 is 1.16 bits per heavy atom. The highest BCUT2D eigenvalue weighted by Gasteiger charge is 2.20. The first-order valence-electron chi connectivity index (χ1n) is 13.9. The van der Waals surface area contributed by atoms with Gasteiger partial charge < -0.3 is 14.8 Å². The van der Waals surface area contributed by atoms with Crippen LogP contribution in [0.1, 0.15) is 64.1 Å². The summed E-state index contributed by atoms with van der Waals surface area (Å²) in [6.07, 6.45) is 23.1. The molecule has 37 heavy (non-hydrogen) atoms. The third kappa shape index (κ3) is 8.73. The Labute approximate surface area is 225 Å². The maximum atomic E-state index is 12.3. The summed E-state index contributed by atoms with van der Waals surface area (Å²) in [5.74, 6) is 3.35. The number of allylic oxidation sites excluding steroid dienone is 7. The Morgan fingerprint density at radius 3 is 2.86 bits per heavy atom. The van der Waals surface area contributed by atoms with Crippen LogP contribution in [-0.4, -0.2) is 56.9 Å². The Balaban J connectivity index is 1.22. The molecule has 200 valence electrons. The van der Waals surface area contributed by atoms with Gasteiger partial charge in [-0.3, -0.25) is 9.59 Å². The molecule has 0 spiro atoms. The summed E-state index contributed by atoms with van der Waals surface area (Å²) in [6.45, 7) is 5.38. The van der Waals surface area contributed by atoms with Crippen LogP contribution in [0.3, 0.4) is 0 Å². The van der Waals surface area contributed by atoms with Gasteiger partial charge in [0.2, 0.25) is 11.8 Å². The second kappa shape index (κ2) is 14.4. The zero-order chi connectivity index (χ0) is 25.9. The van der Waals surface area contributed by atoms with Crippen LogP contribution >= 0.6 is 11.8 Å². The minimum absolute atomic E-state index is 0.0913. The lowest BCUT2D eigenvalue weighted by atomic mass is 9.97. The molecule has 0 bridgehead atoms. The molecule has 2 atom stereocenters. The van der Waals surface area contributed by atoms with E-state index in [4.69, 9.17) is 0 Å². The van der Waals surface area contributed by atoms with Crippen molar-refractivity contribution in [2.75, 3.05) is 25.4 Å². The van der Waals surface area contributed by atoms with Crippen LogP contribution in [0.5, 0.6) is 0 Å². The smallest absolute Gasteiger partial charge is 0.222 e. The van der Waals surface area contributed by atoms with E-state index in [-0.39, 0.29) is 11.8 Å². The fourth-order valence-electron chi connectivity index (χ4n) is 5.09. The number of amides is 2. The molecule has 8 heteroatoms. The topological polar surface area (TPSA) is 80.1 Å². The molecular formula is C29H41N5O2S. The lowest BCUT2D eigenvalue weighted by Crippen LogP contribution is -2.30. The normalized spacial score (nSPS) is 21.1. The highest BCUT2D eigenvalue weighted by molar-refractivity contribution is 7.99. The molecule has 1 fully saturated rings. The van der Waals surface area contributed by atoms with E-state index in [2.05, 4.69) is 69.5 Å². The van der Waals surface area contributed by atoms with E-state index < -0.39 is 0 Å². The lowest BCUT2D eigenvalue weighted by Gasteiger charge is -2.18. The molecule has 0 saturated carbocycles. The van der Waals surface area contributed by atoms with Gasteiger partial charge in [-0.2, -0.15) is 0 Å². The largest absolute Gasteiger partial charge is 0.356 e. The highest BCUT2D eigenvalue weighted by Crippen LogP contribution is 2.27. The summed E-state index contributed by atoms with van der Waals surface area (Å²) in [6, 6.07) is 0. The summed E-state index contributed by atoms with van der Waals surface area (Å²) in [5.41, 5.74) is 1.45. The number of unbranched alkanes of at least 4 members (excludes halogenated alkanes) is 1. The van der Waals surface area contributed by atoms with Crippen molar-refractivity contribution in [2.45, 2.75) is 76.4 Å². The average Bonchev–Trinajstić information content (AvgIpc) is 3.49. The van der Waals surface area contributed by atoms with Gasteiger partial charge in [0.1, 0.15) is 5.82 Å². The molecule has 0 aromatic carbocycles. The maximum absolute atomic E-state index is 12.3. The molecule has 2 aliphatic carbocycles. The van der Waals surface area contributed by atoms with E-state index in [1.165, 1.54) is 5.57 Å². The van der Waals surface area contributed by atoms with E-state index in [0.717, 1.165) is 81.3 Å². The zero-order valence-electron chi connectivity index (χ0n) is 22.1. The van der Waals surface area contributed by atoms with Gasteiger partial charge in [-0.15, -0.1) is 10.2 Å². The molecule has 7 nitrogen and oxygen atoms in total. The van der Waals surface area contributed by atoms with Crippen LogP contribution in [0.2, 0.25) is 0 Å². The van der Waals surface area contributed by atoms with Gasteiger partial charge >= 0.3 is 0 Å². The predicted molar refractivity (Wildman–Crippen MR) is 149 cm³/mol. The summed E-state index contributed by atoms with van der Waals surface area (Å²) in [4.78, 5) is 25.8. The molecule has 2 unspecified atom stereocenters. The molecule has 1 aliphatic heterocycles. The van der Waals surface area contributed by atoms with Gasteiger partial charge in [0.25, 0.3) is 0 Å². The number of carbonyl (C=O) groups is 2. The SMILES string of the molecule is CC1C=CC=C(CSc2nnc(CCCCC(=O)NCCCN3CCCC3=O)n2CC2C=CC=CC2)C1. The van der Waals surface area contributed by atoms with Crippen molar-refractivity contribution in [3.63, 3.8) is 0 Å². The van der Waals surface area contributed by atoms with Gasteiger partial charge in [-0.05, 0) is 50.4 Å². The number of carbonyl (C=O) groups excluding carboxylic acids is 2. The second-order valence-electron chi connectivity index (χ2n) is 10.4. The Morgan fingerprint density at radius 2 is 2.08 bits per heavy atom. The molecule has 2 heterocycles. The van der Waals surface area contributed by atoms with Crippen molar-refractivity contribution in [3.8, 4) is 0 Å². The first kappa shape index (κ1) is 27.4. The minimum atomic E-state index is 0.0913. The molecule has 1 saturated heterocycles. The third-order valence-electron chi connectivity index (χ3n) is 7.17. The average molecular weight is 524 g/mol. The molecule has 0 radical (unpaired) electrons. The number of hydrogen-bond donors (Lipinski definition) is 1. The van der Waals surface area contributed by atoms with Gasteiger partial charge in [0.15, 0.2) is 5.16 Å². The van der Waals surface area contributed by atoms with E-state index in [1.807, 2.05) is 4.90 Å². The molecule has 3 aliphatic rings. The molecule has 1 aromatic rings. The van der Waals surface area contributed by atoms with Crippen molar-refractivity contribution in [2.24, 2.45) is 11.8 Å². The number of aryl methyl sites for hydroxylation is 1. The lowest BCUT2D eigenvalue weighted by molar-refractivity contribution is -0.127. The molecular weight excluding hydrogens is 482 g/mol. The molecule has 4 rings (SSSR count). The van der Waals surface area contributed by atoms with Crippen LogP contribution in [0.4, 0.5) is 0 Å². The molecule has 1 N–H and O–H groups in total. The number of hydrogen-bond acceptors (Lipinski definition) is 5. The Kier molecular flexibility index (Phi) is 10.6. The fraction of sp³-hybridized carbons (Fsp3) is 0.586. The zero-order valence-corrected chi connectivity index (χ0v) is 22.9. The van der Waals surface area contributed by atoms with E-state index in [0.29, 0.717) is 31.2 Å². The fourth-order valence-corrected chi connectivity index (χ4v) is 6.05. The van der Waals surface area contributed by atoms with E-state index in [9.17, 15) is 9.59 Å². The highest BCUT2D eigenvalue weighted by atomic mass is 32.2. The van der Waals surface area contributed by atoms with Crippen LogP contribution in [0.25, 0.3) is 0 Å². The van der Waals surface area contributed by atoms with Crippen LogP contribution < -0.4 is 5.32 Å². The summed E-state index contributed by atoms with van der Waals surface area (Å²) in [7, 11) is 0. The van der Waals surface area contributed by atoms with Crippen molar-refractivity contribution in [3.05, 3.63) is 53.9 Å². The first-order valence-corrected chi connectivity index (χ1v) is 14.9. The van der Waals surface area contributed by atoms with Gasteiger partial charge in [-0.1, -0.05) is 66.8 Å². The number of aromatic nitrogens is 3. The Hall–Kier alpha value is -2.61. The number of nitrogens with zero attached hydrogens (tertiary/aromatic N) is 4. The van der Waals surface area contributed by atoms with E-state index in [1.54, 1.807) is 11.8 Å². The van der Waals surface area contributed by atoms with Crippen molar-refractivity contribution in [1.82, 2.24) is 25.0 Å². The van der Waals surface area contributed by atoms with Crippen molar-refractivity contribution < 1.29 is 9.59 Å². The number of nitrogens with one attached hydrogen (secondary N) is 1. The monoisotopic (exact) mass is 523 g/mol. The molecule has 1 aromatic heterocycles. The van der Waals surface area contributed by atoms with Crippen LogP contribution in [0, 0.1) is 11.8 Å². The van der Waals surface area contributed by atoms with E-state index >= 15 is 0 Å². The number of likely N-dealkylation sites (tertiary alicyclic amines) is 1. The quantitative estimate of drug-likeness (QED) is 0.278. The second-order valence-corrected chi connectivity index (χ2v) is 11.3. The predicted octanol–water partition coefficient (Wildman–Crippen LogP) is 4.87. The van der Waals surface area contributed by atoms with Crippen molar-refractivity contribution >= 4 is 23.6 Å². The summed E-state index contributed by atoms with van der Waals surface area (Å²) in [5, 5.41) is 13.1. The number of thioether (sulfide) groups is 1. The molecule has 2 amide bonds. The van der Waals surface area contributed by atoms with Gasteiger partial charge in [-0.25, -0.2) is 0 Å². The minimum Gasteiger partial charge on any atom is -0.356 e. The number of rotatable bonds is 14. The van der Waals surface area contributed by atoms with Crippen LogP contribution in [-0.2, 0) is 22.6 Å². The van der Waals surface area contributed by atoms with Gasteiger partial charge in [0, 0.05) is 51.2 Å². The van der Waals surface area contributed by atoms with Crippen LogP contribution in [0.15, 0.2) is 53.3 Å². The van der Waals surface area contributed by atoms with Crippen molar-refractivity contribution in [1.29, 1.82) is 0 Å². The third-order valence-corrected chi connectivity index (χ3v) is 8.25.